The molecular formula is C26H24F3N7O4S. The van der Waals surface area contributed by atoms with Gasteiger partial charge in [0.05, 0.1) is 17.6 Å². The second kappa shape index (κ2) is 11.6. The van der Waals surface area contributed by atoms with Crippen LogP contribution >= 0.6 is 11.8 Å². The number of amides is 2. The highest BCUT2D eigenvalue weighted by Gasteiger charge is 2.32. The number of nitrogens with zero attached hydrogens (tertiary/aromatic N) is 7. The van der Waals surface area contributed by atoms with E-state index < -0.39 is 6.36 Å². The average Bonchev–Trinajstić information content (AvgIpc) is 3.61. The topological polar surface area (TPSA) is 119 Å². The summed E-state index contributed by atoms with van der Waals surface area (Å²) in [5.74, 6) is -0.590. The summed E-state index contributed by atoms with van der Waals surface area (Å²) < 4.78 is 48.4. The molecule has 1 aliphatic heterocycles. The van der Waals surface area contributed by atoms with E-state index in [1.165, 1.54) is 34.8 Å². The maximum absolute atomic E-state index is 13.6. The molecule has 1 saturated heterocycles. The van der Waals surface area contributed by atoms with Crippen LogP contribution in [0.1, 0.15) is 38.1 Å². The number of alkyl halides is 3. The summed E-state index contributed by atoms with van der Waals surface area (Å²) in [6.45, 7) is 4.85. The maximum atomic E-state index is 13.6. The lowest BCUT2D eigenvalue weighted by atomic mass is 10.2. The fourth-order valence-electron chi connectivity index (χ4n) is 4.30. The van der Waals surface area contributed by atoms with E-state index in [9.17, 15) is 22.8 Å². The minimum atomic E-state index is -4.82. The highest BCUT2D eigenvalue weighted by atomic mass is 32.2. The lowest BCUT2D eigenvalue weighted by Crippen LogP contribution is -2.50. The van der Waals surface area contributed by atoms with Gasteiger partial charge in [0, 0.05) is 43.3 Å². The first-order valence-electron chi connectivity index (χ1n) is 12.5. The fourth-order valence-corrected chi connectivity index (χ4v) is 5.25. The molecule has 2 amide bonds. The summed E-state index contributed by atoms with van der Waals surface area (Å²) >= 11 is 1.28. The number of furan rings is 1. The van der Waals surface area contributed by atoms with Crippen LogP contribution < -0.4 is 4.74 Å². The van der Waals surface area contributed by atoms with Crippen molar-refractivity contribution < 1.29 is 31.9 Å². The normalized spacial score (nSPS) is 13.9. The van der Waals surface area contributed by atoms with Gasteiger partial charge in [0.1, 0.15) is 5.75 Å². The SMILES string of the molecule is Cc1cc(C)nc(SCc2c(C(=O)N3CCN(C(=O)c4ccco4)CC3)nnn2-c2ccc(OC(F)(F)F)cc2)n1. The molecule has 0 spiro atoms. The van der Waals surface area contributed by atoms with Crippen LogP contribution in [-0.4, -0.2) is 79.1 Å². The molecule has 0 bridgehead atoms. The van der Waals surface area contributed by atoms with Gasteiger partial charge in [0.25, 0.3) is 11.8 Å². The number of halogens is 3. The minimum Gasteiger partial charge on any atom is -0.459 e. The van der Waals surface area contributed by atoms with E-state index in [-0.39, 0.29) is 47.9 Å². The smallest absolute Gasteiger partial charge is 0.459 e. The second-order valence-corrected chi connectivity index (χ2v) is 10.1. The molecule has 4 aromatic rings. The van der Waals surface area contributed by atoms with Crippen molar-refractivity contribution in [2.45, 2.75) is 31.1 Å². The molecule has 0 aliphatic carbocycles. The molecule has 5 rings (SSSR count). The van der Waals surface area contributed by atoms with E-state index in [4.69, 9.17) is 4.42 Å². The van der Waals surface area contributed by atoms with E-state index in [0.29, 0.717) is 29.6 Å². The predicted molar refractivity (Wildman–Crippen MR) is 140 cm³/mol. The molecule has 1 fully saturated rings. The molecule has 0 unspecified atom stereocenters. The lowest BCUT2D eigenvalue weighted by Gasteiger charge is -2.34. The molecule has 15 heteroatoms. The van der Waals surface area contributed by atoms with Crippen molar-refractivity contribution in [2.24, 2.45) is 0 Å². The van der Waals surface area contributed by atoms with Crippen molar-refractivity contribution in [1.82, 2.24) is 34.8 Å². The minimum absolute atomic E-state index is 0.0864. The Labute approximate surface area is 236 Å². The summed E-state index contributed by atoms with van der Waals surface area (Å²) in [6.07, 6.45) is -3.40. The number of hydrogen-bond donors (Lipinski definition) is 0. The van der Waals surface area contributed by atoms with Gasteiger partial charge in [-0.1, -0.05) is 17.0 Å². The second-order valence-electron chi connectivity index (χ2n) is 9.12. The zero-order chi connectivity index (χ0) is 29.1. The van der Waals surface area contributed by atoms with Gasteiger partial charge in [-0.05, 0) is 56.3 Å². The lowest BCUT2D eigenvalue weighted by molar-refractivity contribution is -0.274. The Kier molecular flexibility index (Phi) is 7.97. The van der Waals surface area contributed by atoms with Crippen LogP contribution in [0.15, 0.2) is 58.3 Å². The van der Waals surface area contributed by atoms with Gasteiger partial charge in [0.15, 0.2) is 16.6 Å². The Morgan fingerprint density at radius 3 is 2.20 bits per heavy atom. The Bertz CT molecular complexity index is 1510. The van der Waals surface area contributed by atoms with Crippen LogP contribution in [0.2, 0.25) is 0 Å². The van der Waals surface area contributed by atoms with Crippen molar-refractivity contribution in [3.63, 3.8) is 0 Å². The highest BCUT2D eigenvalue weighted by molar-refractivity contribution is 7.98. The fraction of sp³-hybridized carbons (Fsp3) is 0.308. The zero-order valence-electron chi connectivity index (χ0n) is 22.0. The summed E-state index contributed by atoms with van der Waals surface area (Å²) in [6, 6.07) is 10.2. The van der Waals surface area contributed by atoms with Crippen LogP contribution in [0.4, 0.5) is 13.2 Å². The molecule has 4 heterocycles. The van der Waals surface area contributed by atoms with E-state index in [2.05, 4.69) is 25.0 Å². The quantitative estimate of drug-likeness (QED) is 0.233. The molecule has 214 valence electrons. The molecule has 1 aliphatic rings. The van der Waals surface area contributed by atoms with Crippen molar-refractivity contribution in [3.8, 4) is 11.4 Å². The van der Waals surface area contributed by atoms with Crippen LogP contribution in [0, 0.1) is 13.8 Å². The number of rotatable bonds is 7. The van der Waals surface area contributed by atoms with Crippen molar-refractivity contribution in [3.05, 3.63) is 77.3 Å². The van der Waals surface area contributed by atoms with Crippen molar-refractivity contribution in [2.75, 3.05) is 26.2 Å². The average molecular weight is 588 g/mol. The van der Waals surface area contributed by atoms with Crippen LogP contribution in [-0.2, 0) is 5.75 Å². The summed E-state index contributed by atoms with van der Waals surface area (Å²) in [5.41, 5.74) is 2.46. The van der Waals surface area contributed by atoms with Crippen molar-refractivity contribution >= 4 is 23.6 Å². The van der Waals surface area contributed by atoms with E-state index >= 15 is 0 Å². The molecule has 0 N–H and O–H groups in total. The van der Waals surface area contributed by atoms with Crippen molar-refractivity contribution in [1.29, 1.82) is 0 Å². The van der Waals surface area contributed by atoms with Gasteiger partial charge < -0.3 is 19.0 Å². The molecule has 0 atom stereocenters. The van der Waals surface area contributed by atoms with E-state index in [0.717, 1.165) is 23.5 Å². The summed E-state index contributed by atoms with van der Waals surface area (Å²) in [5, 5.41) is 8.80. The Balaban J connectivity index is 1.38. The third kappa shape index (κ3) is 6.67. The van der Waals surface area contributed by atoms with Gasteiger partial charge in [-0.25, -0.2) is 14.6 Å². The number of aryl methyl sites for hydroxylation is 2. The van der Waals surface area contributed by atoms with E-state index in [1.54, 1.807) is 21.9 Å². The highest BCUT2D eigenvalue weighted by Crippen LogP contribution is 2.27. The number of hydrogen-bond acceptors (Lipinski definition) is 9. The first-order valence-corrected chi connectivity index (χ1v) is 13.4. The van der Waals surface area contributed by atoms with Crippen LogP contribution in [0.25, 0.3) is 5.69 Å². The number of benzene rings is 1. The largest absolute Gasteiger partial charge is 0.573 e. The van der Waals surface area contributed by atoms with Gasteiger partial charge in [-0.15, -0.1) is 18.3 Å². The van der Waals surface area contributed by atoms with Gasteiger partial charge in [-0.2, -0.15) is 0 Å². The molecule has 0 radical (unpaired) electrons. The maximum Gasteiger partial charge on any atom is 0.573 e. The third-order valence-corrected chi connectivity index (χ3v) is 7.02. The number of carbonyl (C=O) groups is 2. The van der Waals surface area contributed by atoms with Gasteiger partial charge in [0.2, 0.25) is 0 Å². The summed E-state index contributed by atoms with van der Waals surface area (Å²) in [4.78, 5) is 38.3. The zero-order valence-corrected chi connectivity index (χ0v) is 22.8. The first-order chi connectivity index (χ1) is 19.6. The number of aromatic nitrogens is 5. The monoisotopic (exact) mass is 587 g/mol. The number of thioether (sulfide) groups is 1. The standard InChI is InChI=1S/C26H24F3N7O4S/c1-16-14-17(2)31-25(30-16)41-15-20-22(32-33-36(20)18-5-7-19(8-6-18)40-26(27,28)29)24(38)35-11-9-34(10-12-35)23(37)21-4-3-13-39-21/h3-8,13-14H,9-12,15H2,1-2H3. The predicted octanol–water partition coefficient (Wildman–Crippen LogP) is 4.06. The first kappa shape index (κ1) is 28.1. The molecule has 1 aromatic carbocycles. The molecule has 3 aromatic heterocycles. The number of piperazine rings is 1. The van der Waals surface area contributed by atoms with Gasteiger partial charge in [-0.3, -0.25) is 9.59 Å². The number of carbonyl (C=O) groups excluding carboxylic acids is 2. The molecule has 0 saturated carbocycles. The van der Waals surface area contributed by atoms with Crippen LogP contribution in [0.3, 0.4) is 0 Å². The number of ether oxygens (including phenoxy) is 1. The Morgan fingerprint density at radius 2 is 1.61 bits per heavy atom. The van der Waals surface area contributed by atoms with E-state index in [1.807, 2.05) is 19.9 Å². The van der Waals surface area contributed by atoms with Crippen LogP contribution in [0.5, 0.6) is 5.75 Å². The Hall–Kier alpha value is -4.40. The molecule has 41 heavy (non-hydrogen) atoms. The molecular weight excluding hydrogens is 563 g/mol. The Morgan fingerprint density at radius 1 is 0.976 bits per heavy atom. The summed E-state index contributed by atoms with van der Waals surface area (Å²) in [7, 11) is 0. The molecule has 11 nitrogen and oxygen atoms in total. The van der Waals surface area contributed by atoms with Gasteiger partial charge >= 0.3 is 6.36 Å². The third-order valence-electron chi connectivity index (χ3n) is 6.17.